The van der Waals surface area contributed by atoms with Gasteiger partial charge in [0.1, 0.15) is 17.5 Å². The van der Waals surface area contributed by atoms with E-state index in [-0.39, 0.29) is 18.0 Å². The van der Waals surface area contributed by atoms with Crippen molar-refractivity contribution in [3.63, 3.8) is 0 Å². The van der Waals surface area contributed by atoms with Crippen molar-refractivity contribution < 1.29 is 22.0 Å². The molecule has 0 unspecified atom stereocenters. The number of aliphatic imine (C=N–C) groups is 1. The lowest BCUT2D eigenvalue weighted by Crippen LogP contribution is -2.18. The third-order valence-corrected chi connectivity index (χ3v) is 4.15. The largest absolute Gasteiger partial charge is 0.416 e. The highest BCUT2D eigenvalue weighted by Gasteiger charge is 2.33. The molecular weight excluding hydrogens is 367 g/mol. The fourth-order valence-corrected chi connectivity index (χ4v) is 2.89. The van der Waals surface area contributed by atoms with Crippen LogP contribution in [0.4, 0.5) is 33.3 Å². The summed E-state index contributed by atoms with van der Waals surface area (Å²) in [6, 6.07) is 5.74. The fraction of sp³-hybridized carbons (Fsp3) is 0.111. The summed E-state index contributed by atoms with van der Waals surface area (Å²) in [6.07, 6.45) is -3.46. The molecule has 9 heteroatoms. The Labute approximate surface area is 149 Å². The van der Waals surface area contributed by atoms with Crippen LogP contribution < -0.4 is 5.32 Å². The number of fused-ring (bicyclic) bond motifs is 3. The van der Waals surface area contributed by atoms with E-state index in [1.54, 1.807) is 12.1 Å². The molecule has 0 radical (unpaired) electrons. The summed E-state index contributed by atoms with van der Waals surface area (Å²) < 4.78 is 67.2. The highest BCUT2D eigenvalue weighted by atomic mass is 19.4. The molecule has 138 valence electrons. The quantitative estimate of drug-likeness (QED) is 0.573. The van der Waals surface area contributed by atoms with Gasteiger partial charge in [-0.15, -0.1) is 0 Å². The molecule has 4 nitrogen and oxygen atoms in total. The molecule has 27 heavy (non-hydrogen) atoms. The smallest absolute Gasteiger partial charge is 0.336 e. The maximum absolute atomic E-state index is 14.4. The van der Waals surface area contributed by atoms with Crippen LogP contribution in [0.1, 0.15) is 16.7 Å². The SMILES string of the molecule is Cc1ccc2c(c1)-c1[nH]ncc1NC(c1c(F)cc(C(F)(F)F)cc1F)=N2. The molecule has 2 aromatic carbocycles. The zero-order chi connectivity index (χ0) is 19.3. The minimum atomic E-state index is -4.86. The number of rotatable bonds is 1. The average molecular weight is 378 g/mol. The van der Waals surface area contributed by atoms with Gasteiger partial charge < -0.3 is 5.32 Å². The number of aryl methyl sites for hydroxylation is 1. The maximum Gasteiger partial charge on any atom is 0.416 e. The molecule has 0 aliphatic carbocycles. The Hall–Kier alpha value is -3.23. The van der Waals surface area contributed by atoms with Crippen molar-refractivity contribution in [2.24, 2.45) is 4.99 Å². The normalized spacial score (nSPS) is 13.3. The van der Waals surface area contributed by atoms with Crippen LogP contribution in [0.5, 0.6) is 0 Å². The Morgan fingerprint density at radius 1 is 1.00 bits per heavy atom. The molecular formula is C18H11F5N4. The van der Waals surface area contributed by atoms with E-state index in [2.05, 4.69) is 20.5 Å². The molecule has 2 N–H and O–H groups in total. The highest BCUT2D eigenvalue weighted by Crippen LogP contribution is 2.38. The molecule has 1 aliphatic rings. The monoisotopic (exact) mass is 378 g/mol. The second-order valence-electron chi connectivity index (χ2n) is 6.08. The van der Waals surface area contributed by atoms with Gasteiger partial charge in [0.15, 0.2) is 0 Å². The van der Waals surface area contributed by atoms with Crippen LogP contribution in [0.25, 0.3) is 11.3 Å². The number of halogens is 5. The number of aromatic amines is 1. The second kappa shape index (κ2) is 5.90. The van der Waals surface area contributed by atoms with Crippen LogP contribution in [0.3, 0.4) is 0 Å². The summed E-state index contributed by atoms with van der Waals surface area (Å²) in [6.45, 7) is 1.87. The van der Waals surface area contributed by atoms with Gasteiger partial charge in [0, 0.05) is 5.56 Å². The zero-order valence-electron chi connectivity index (χ0n) is 13.7. The van der Waals surface area contributed by atoms with Crippen LogP contribution in [0.2, 0.25) is 0 Å². The third kappa shape index (κ3) is 2.94. The second-order valence-corrected chi connectivity index (χ2v) is 6.08. The number of amidine groups is 1. The number of aromatic nitrogens is 2. The number of alkyl halides is 3. The van der Waals surface area contributed by atoms with E-state index in [9.17, 15) is 22.0 Å². The average Bonchev–Trinajstić information content (AvgIpc) is 2.97. The van der Waals surface area contributed by atoms with E-state index in [0.29, 0.717) is 22.6 Å². The lowest BCUT2D eigenvalue weighted by atomic mass is 10.1. The molecule has 0 spiro atoms. The Kier molecular flexibility index (Phi) is 3.76. The van der Waals surface area contributed by atoms with Gasteiger partial charge in [-0.3, -0.25) is 5.10 Å². The van der Waals surface area contributed by atoms with Gasteiger partial charge in [-0.2, -0.15) is 18.3 Å². The van der Waals surface area contributed by atoms with Crippen molar-refractivity contribution in [2.75, 3.05) is 5.32 Å². The summed E-state index contributed by atoms with van der Waals surface area (Å²) in [5.41, 5.74) is 0.846. The number of hydrogen-bond acceptors (Lipinski definition) is 3. The van der Waals surface area contributed by atoms with Gasteiger partial charge in [0.2, 0.25) is 0 Å². The van der Waals surface area contributed by atoms with E-state index in [1.807, 2.05) is 13.0 Å². The summed E-state index contributed by atoms with van der Waals surface area (Å²) in [7, 11) is 0. The first-order chi connectivity index (χ1) is 12.7. The Bertz CT molecular complexity index is 1060. The molecule has 0 atom stereocenters. The van der Waals surface area contributed by atoms with Gasteiger partial charge in [-0.1, -0.05) is 11.6 Å². The van der Waals surface area contributed by atoms with E-state index < -0.39 is 28.9 Å². The first kappa shape index (κ1) is 17.2. The van der Waals surface area contributed by atoms with Crippen molar-refractivity contribution in [3.05, 3.63) is 64.9 Å². The van der Waals surface area contributed by atoms with Crippen molar-refractivity contribution in [2.45, 2.75) is 13.1 Å². The third-order valence-electron chi connectivity index (χ3n) is 4.15. The van der Waals surface area contributed by atoms with Crippen molar-refractivity contribution >= 4 is 17.2 Å². The van der Waals surface area contributed by atoms with Gasteiger partial charge in [-0.05, 0) is 31.2 Å². The fourth-order valence-electron chi connectivity index (χ4n) is 2.89. The first-order valence-electron chi connectivity index (χ1n) is 7.81. The van der Waals surface area contributed by atoms with Crippen LogP contribution in [-0.2, 0) is 6.18 Å². The van der Waals surface area contributed by atoms with Crippen molar-refractivity contribution in [1.29, 1.82) is 0 Å². The molecule has 0 bridgehead atoms. The number of H-pyrrole nitrogens is 1. The minimum absolute atomic E-state index is 0.246. The molecule has 2 heterocycles. The zero-order valence-corrected chi connectivity index (χ0v) is 13.7. The molecule has 3 aromatic rings. The van der Waals surface area contributed by atoms with Gasteiger partial charge >= 0.3 is 6.18 Å². The van der Waals surface area contributed by atoms with Crippen LogP contribution in [0.15, 0.2) is 41.5 Å². The lowest BCUT2D eigenvalue weighted by Gasteiger charge is -2.13. The molecule has 0 saturated carbocycles. The lowest BCUT2D eigenvalue weighted by molar-refractivity contribution is -0.138. The van der Waals surface area contributed by atoms with Gasteiger partial charge in [0.25, 0.3) is 0 Å². The van der Waals surface area contributed by atoms with E-state index >= 15 is 0 Å². The van der Waals surface area contributed by atoms with Gasteiger partial charge in [0.05, 0.1) is 34.4 Å². The van der Waals surface area contributed by atoms with Crippen molar-refractivity contribution in [1.82, 2.24) is 10.2 Å². The number of nitrogens with zero attached hydrogens (tertiary/aromatic N) is 2. The summed E-state index contributed by atoms with van der Waals surface area (Å²) in [4.78, 5) is 4.25. The number of anilines is 1. The Balaban J connectivity index is 1.92. The summed E-state index contributed by atoms with van der Waals surface area (Å²) in [5, 5.41) is 9.46. The molecule has 1 aliphatic heterocycles. The van der Waals surface area contributed by atoms with Crippen molar-refractivity contribution in [3.8, 4) is 11.3 Å². The number of benzene rings is 2. The van der Waals surface area contributed by atoms with E-state index in [1.165, 1.54) is 6.20 Å². The Morgan fingerprint density at radius 2 is 1.70 bits per heavy atom. The number of nitrogens with one attached hydrogen (secondary N) is 2. The van der Waals surface area contributed by atoms with Crippen LogP contribution in [-0.4, -0.2) is 16.0 Å². The van der Waals surface area contributed by atoms with Gasteiger partial charge in [-0.25, -0.2) is 13.8 Å². The summed E-state index contributed by atoms with van der Waals surface area (Å²) >= 11 is 0. The molecule has 0 fully saturated rings. The first-order valence-corrected chi connectivity index (χ1v) is 7.81. The highest BCUT2D eigenvalue weighted by molar-refractivity contribution is 6.13. The van der Waals surface area contributed by atoms with Crippen LogP contribution in [0, 0.1) is 18.6 Å². The van der Waals surface area contributed by atoms with E-state index in [0.717, 1.165) is 5.56 Å². The summed E-state index contributed by atoms with van der Waals surface area (Å²) in [5.74, 6) is -2.98. The predicted molar refractivity (Wildman–Crippen MR) is 89.9 cm³/mol. The standard InChI is InChI=1S/C18H11F5N4/c1-8-2-3-13-10(4-8)16-14(7-24-27-16)26-17(25-13)15-11(19)5-9(6-12(15)20)18(21,22)23/h2-7H,1H3,(H,24,27)(H,25,26). The topological polar surface area (TPSA) is 53.1 Å². The van der Waals surface area contributed by atoms with Crippen LogP contribution >= 0.6 is 0 Å². The molecule has 0 saturated heterocycles. The predicted octanol–water partition coefficient (Wildman–Crippen LogP) is 5.19. The maximum atomic E-state index is 14.4. The Morgan fingerprint density at radius 3 is 2.37 bits per heavy atom. The molecule has 0 amide bonds. The minimum Gasteiger partial charge on any atom is -0.336 e. The number of hydrogen-bond donors (Lipinski definition) is 2. The van der Waals surface area contributed by atoms with E-state index in [4.69, 9.17) is 0 Å². The molecule has 4 rings (SSSR count). The molecule has 1 aromatic heterocycles.